The number of urea groups is 1. The van der Waals surface area contributed by atoms with Gasteiger partial charge in [-0.15, -0.1) is 0 Å². The number of nitrogens with one attached hydrogen (secondary N) is 1. The van der Waals surface area contributed by atoms with E-state index in [-0.39, 0.29) is 6.03 Å². The highest BCUT2D eigenvalue weighted by Crippen LogP contribution is 2.28. The second-order valence-corrected chi connectivity index (χ2v) is 7.17. The Morgan fingerprint density at radius 2 is 2.17 bits per heavy atom. The molecule has 0 unspecified atom stereocenters. The van der Waals surface area contributed by atoms with Crippen LogP contribution in [0, 0.1) is 0 Å². The quantitative estimate of drug-likeness (QED) is 0.871. The van der Waals surface area contributed by atoms with E-state index in [1.807, 2.05) is 4.90 Å². The third kappa shape index (κ3) is 3.36. The van der Waals surface area contributed by atoms with Gasteiger partial charge in [0.1, 0.15) is 5.75 Å². The fourth-order valence-corrected chi connectivity index (χ4v) is 4.21. The molecule has 3 aliphatic rings. The Labute approximate surface area is 144 Å². The van der Waals surface area contributed by atoms with Crippen molar-refractivity contribution >= 4 is 6.03 Å². The van der Waals surface area contributed by atoms with Crippen LogP contribution in [0.1, 0.15) is 36.8 Å². The molecule has 2 amide bonds. The third-order valence-corrected chi connectivity index (χ3v) is 5.58. The average Bonchev–Trinajstić information content (AvgIpc) is 3.33. The molecule has 0 atom stereocenters. The van der Waals surface area contributed by atoms with E-state index in [4.69, 9.17) is 4.74 Å². The lowest BCUT2D eigenvalue weighted by Crippen LogP contribution is -2.40. The molecule has 1 N–H and O–H groups in total. The van der Waals surface area contributed by atoms with Crippen LogP contribution >= 0.6 is 0 Å². The van der Waals surface area contributed by atoms with Gasteiger partial charge in [0.15, 0.2) is 0 Å². The molecular weight excluding hydrogens is 302 g/mol. The Hall–Kier alpha value is -1.75. The molecule has 2 heterocycles. The minimum absolute atomic E-state index is 0.0936. The molecule has 1 aromatic carbocycles. The van der Waals surface area contributed by atoms with Crippen LogP contribution in [0.4, 0.5) is 4.79 Å². The van der Waals surface area contributed by atoms with E-state index in [9.17, 15) is 4.79 Å². The number of ether oxygens (including phenoxy) is 1. The second-order valence-electron chi connectivity index (χ2n) is 7.17. The number of carbonyl (C=O) groups excluding carboxylic acids is 1. The second kappa shape index (κ2) is 7.01. The number of rotatable bonds is 6. The summed E-state index contributed by atoms with van der Waals surface area (Å²) in [5.74, 6) is 1.06. The van der Waals surface area contributed by atoms with Crippen molar-refractivity contribution in [3.63, 3.8) is 0 Å². The molecule has 0 aromatic heterocycles. The van der Waals surface area contributed by atoms with Crippen LogP contribution in [-0.2, 0) is 13.0 Å². The molecule has 130 valence electrons. The van der Waals surface area contributed by atoms with E-state index < -0.39 is 0 Å². The maximum atomic E-state index is 11.8. The summed E-state index contributed by atoms with van der Waals surface area (Å²) in [6.45, 7) is 5.21. The van der Waals surface area contributed by atoms with E-state index in [1.54, 1.807) is 0 Å². The Morgan fingerprint density at radius 3 is 2.96 bits per heavy atom. The number of nitrogens with zero attached hydrogens (tertiary/aromatic N) is 2. The van der Waals surface area contributed by atoms with Gasteiger partial charge < -0.3 is 15.0 Å². The molecule has 1 aliphatic carbocycles. The monoisotopic (exact) mass is 329 g/mol. The number of benzene rings is 1. The van der Waals surface area contributed by atoms with E-state index in [1.165, 1.54) is 36.8 Å². The summed E-state index contributed by atoms with van der Waals surface area (Å²) >= 11 is 0. The van der Waals surface area contributed by atoms with Crippen LogP contribution in [0.25, 0.3) is 0 Å². The van der Waals surface area contributed by atoms with Crippen molar-refractivity contribution in [1.29, 1.82) is 0 Å². The molecule has 2 aliphatic heterocycles. The van der Waals surface area contributed by atoms with Crippen molar-refractivity contribution in [1.82, 2.24) is 15.1 Å². The fourth-order valence-electron chi connectivity index (χ4n) is 4.21. The van der Waals surface area contributed by atoms with Gasteiger partial charge in [0.25, 0.3) is 0 Å². The highest BCUT2D eigenvalue weighted by atomic mass is 16.5. The largest absolute Gasteiger partial charge is 0.493 e. The molecule has 24 heavy (non-hydrogen) atoms. The van der Waals surface area contributed by atoms with Crippen molar-refractivity contribution in [3.05, 3.63) is 29.3 Å². The zero-order valence-electron chi connectivity index (χ0n) is 14.3. The van der Waals surface area contributed by atoms with E-state index >= 15 is 0 Å². The predicted octanol–water partition coefficient (Wildman–Crippen LogP) is 2.39. The number of hydrogen-bond donors (Lipinski definition) is 1. The highest BCUT2D eigenvalue weighted by Gasteiger charge is 2.25. The maximum Gasteiger partial charge on any atom is 0.317 e. The fraction of sp³-hybridized carbons (Fsp3) is 0.632. The summed E-state index contributed by atoms with van der Waals surface area (Å²) in [6.07, 6.45) is 6.29. The molecule has 0 bridgehead atoms. The topological polar surface area (TPSA) is 44.8 Å². The van der Waals surface area contributed by atoms with Gasteiger partial charge in [-0.2, -0.15) is 0 Å². The van der Waals surface area contributed by atoms with Crippen molar-refractivity contribution in [3.8, 4) is 5.75 Å². The first-order valence-electron chi connectivity index (χ1n) is 9.31. The Morgan fingerprint density at radius 1 is 1.29 bits per heavy atom. The highest BCUT2D eigenvalue weighted by molar-refractivity contribution is 5.76. The van der Waals surface area contributed by atoms with E-state index in [2.05, 4.69) is 28.4 Å². The molecular formula is C19H27N3O2. The lowest BCUT2D eigenvalue weighted by atomic mass is 10.1. The van der Waals surface area contributed by atoms with E-state index in [0.717, 1.165) is 51.5 Å². The number of fused-ring (bicyclic) bond motifs is 1. The molecule has 5 heteroatoms. The van der Waals surface area contributed by atoms with Gasteiger partial charge in [-0.3, -0.25) is 4.90 Å². The summed E-state index contributed by atoms with van der Waals surface area (Å²) in [5.41, 5.74) is 2.72. The first-order chi connectivity index (χ1) is 11.8. The van der Waals surface area contributed by atoms with Crippen LogP contribution in [0.3, 0.4) is 0 Å². The van der Waals surface area contributed by atoms with Gasteiger partial charge in [-0.25, -0.2) is 4.79 Å². The van der Waals surface area contributed by atoms with Gasteiger partial charge >= 0.3 is 6.03 Å². The Balaban J connectivity index is 1.42. The first-order valence-corrected chi connectivity index (χ1v) is 9.31. The van der Waals surface area contributed by atoms with Crippen LogP contribution in [0.5, 0.6) is 5.75 Å². The van der Waals surface area contributed by atoms with Gasteiger partial charge in [0.05, 0.1) is 6.61 Å². The van der Waals surface area contributed by atoms with Gasteiger partial charge in [-0.1, -0.05) is 25.0 Å². The van der Waals surface area contributed by atoms with Crippen molar-refractivity contribution in [2.45, 2.75) is 44.7 Å². The van der Waals surface area contributed by atoms with Crippen molar-refractivity contribution in [2.24, 2.45) is 0 Å². The van der Waals surface area contributed by atoms with Crippen LogP contribution in [0.2, 0.25) is 0 Å². The molecule has 5 nitrogen and oxygen atoms in total. The van der Waals surface area contributed by atoms with E-state index in [0.29, 0.717) is 6.04 Å². The molecule has 0 spiro atoms. The SMILES string of the molecule is O=C1NCCN1CCN(Cc1ccc2c(c1)CCO2)C1CCCC1. The normalized spacial score (nSPS) is 20.5. The summed E-state index contributed by atoms with van der Waals surface area (Å²) in [5, 5.41) is 2.90. The molecule has 1 saturated heterocycles. The third-order valence-electron chi connectivity index (χ3n) is 5.58. The van der Waals surface area contributed by atoms with Crippen molar-refractivity contribution in [2.75, 3.05) is 32.8 Å². The lowest BCUT2D eigenvalue weighted by Gasteiger charge is -2.30. The Kier molecular flexibility index (Phi) is 4.60. The smallest absolute Gasteiger partial charge is 0.317 e. The molecule has 1 aromatic rings. The number of hydrogen-bond acceptors (Lipinski definition) is 3. The Bertz CT molecular complexity index is 598. The zero-order valence-corrected chi connectivity index (χ0v) is 14.3. The molecule has 4 rings (SSSR count). The maximum absolute atomic E-state index is 11.8. The summed E-state index contributed by atoms with van der Waals surface area (Å²) < 4.78 is 5.62. The summed E-state index contributed by atoms with van der Waals surface area (Å²) in [6, 6.07) is 7.40. The number of amides is 2. The average molecular weight is 329 g/mol. The zero-order chi connectivity index (χ0) is 16.4. The van der Waals surface area contributed by atoms with Crippen LogP contribution in [-0.4, -0.2) is 54.7 Å². The minimum Gasteiger partial charge on any atom is -0.493 e. The molecule has 2 fully saturated rings. The summed E-state index contributed by atoms with van der Waals surface area (Å²) in [7, 11) is 0. The number of carbonyl (C=O) groups is 1. The van der Waals surface area contributed by atoms with Crippen molar-refractivity contribution < 1.29 is 9.53 Å². The standard InChI is InChI=1S/C19H27N3O2/c23-19-20-8-9-21(19)10-11-22(17-3-1-2-4-17)14-15-5-6-18-16(13-15)7-12-24-18/h5-6,13,17H,1-4,7-12,14H2,(H,20,23). The van der Waals surface area contributed by atoms with Crippen LogP contribution in [0.15, 0.2) is 18.2 Å². The first kappa shape index (κ1) is 15.8. The lowest BCUT2D eigenvalue weighted by molar-refractivity contribution is 0.164. The van der Waals surface area contributed by atoms with Crippen LogP contribution < -0.4 is 10.1 Å². The summed E-state index contributed by atoms with van der Waals surface area (Å²) in [4.78, 5) is 16.3. The minimum atomic E-state index is 0.0936. The molecule has 1 saturated carbocycles. The van der Waals surface area contributed by atoms with Gasteiger partial charge in [0.2, 0.25) is 0 Å². The van der Waals surface area contributed by atoms with Gasteiger partial charge in [0, 0.05) is 45.2 Å². The van der Waals surface area contributed by atoms with Gasteiger partial charge in [-0.05, 0) is 30.0 Å². The molecule has 0 radical (unpaired) electrons. The predicted molar refractivity (Wildman–Crippen MR) is 93.3 cm³/mol.